The molecular weight excluding hydrogens is 454 g/mol. The van der Waals surface area contributed by atoms with Crippen LogP contribution in [0.5, 0.6) is 11.5 Å². The van der Waals surface area contributed by atoms with Crippen molar-refractivity contribution in [1.82, 2.24) is 4.90 Å². The number of hydrogen-bond acceptors (Lipinski definition) is 7. The Balaban J connectivity index is 1.64. The number of hydrogen-bond donors (Lipinski definition) is 1. The zero-order valence-corrected chi connectivity index (χ0v) is 19.3. The first kappa shape index (κ1) is 21.8. The smallest absolute Gasteiger partial charge is 0.290 e. The van der Waals surface area contributed by atoms with E-state index in [4.69, 9.17) is 13.9 Å². The Labute approximate surface area is 199 Å². The first-order valence-corrected chi connectivity index (χ1v) is 11.4. The minimum Gasteiger partial charge on any atom is -0.503 e. The summed E-state index contributed by atoms with van der Waals surface area (Å²) in [4.78, 5) is 29.3. The number of Topliss-reactive ketones (excluding diaryl/α,β-unsaturated/α-hetero) is 1. The van der Waals surface area contributed by atoms with Crippen LogP contribution < -0.4 is 9.47 Å². The van der Waals surface area contributed by atoms with Gasteiger partial charge in [-0.15, -0.1) is 11.3 Å². The first-order valence-electron chi connectivity index (χ1n) is 10.5. The number of thiophene rings is 1. The molecule has 1 amide bonds. The maximum atomic E-state index is 13.7. The second-order valence-electron chi connectivity index (χ2n) is 7.74. The van der Waals surface area contributed by atoms with Gasteiger partial charge >= 0.3 is 0 Å². The second-order valence-corrected chi connectivity index (χ2v) is 8.77. The van der Waals surface area contributed by atoms with Crippen LogP contribution in [0.1, 0.15) is 27.0 Å². The molecule has 1 N–H and O–H groups in total. The summed E-state index contributed by atoms with van der Waals surface area (Å²) in [6.07, 6.45) is 0. The lowest BCUT2D eigenvalue weighted by atomic mass is 9.94. The highest BCUT2D eigenvalue weighted by molar-refractivity contribution is 7.09. The molecule has 4 aromatic rings. The predicted molar refractivity (Wildman–Crippen MR) is 127 cm³/mol. The minimum absolute atomic E-state index is 0.00622. The van der Waals surface area contributed by atoms with E-state index in [2.05, 4.69) is 0 Å². The van der Waals surface area contributed by atoms with Crippen LogP contribution in [0.2, 0.25) is 0 Å². The van der Waals surface area contributed by atoms with Crippen LogP contribution in [0.25, 0.3) is 11.0 Å². The summed E-state index contributed by atoms with van der Waals surface area (Å²) in [6, 6.07) is 17.0. The normalized spacial score (nSPS) is 15.9. The maximum Gasteiger partial charge on any atom is 0.290 e. The van der Waals surface area contributed by atoms with Crippen molar-refractivity contribution in [2.24, 2.45) is 0 Å². The van der Waals surface area contributed by atoms with Gasteiger partial charge in [0.25, 0.3) is 5.91 Å². The van der Waals surface area contributed by atoms with Gasteiger partial charge in [-0.25, -0.2) is 0 Å². The van der Waals surface area contributed by atoms with Gasteiger partial charge in [0, 0.05) is 15.8 Å². The van der Waals surface area contributed by atoms with E-state index in [-0.39, 0.29) is 17.9 Å². The van der Waals surface area contributed by atoms with Crippen LogP contribution in [0.15, 0.2) is 81.8 Å². The standard InChI is InChI=1S/C26H21NO6S/c1-31-18-10-4-3-9-17(18)22-21(24(29)26(30)27(22)14-16-8-6-12-34-16)23(28)20-13-15-7-5-11-19(32-2)25(15)33-20/h3-13,22,29H,14H2,1-2H3. The van der Waals surface area contributed by atoms with Crippen LogP contribution in [-0.4, -0.2) is 35.9 Å². The van der Waals surface area contributed by atoms with Crippen molar-refractivity contribution >= 4 is 34.0 Å². The third kappa shape index (κ3) is 3.52. The Kier molecular flexibility index (Phi) is 5.59. The van der Waals surface area contributed by atoms with Crippen LogP contribution in [0.4, 0.5) is 0 Å². The number of fused-ring (bicyclic) bond motifs is 1. The number of benzene rings is 2. The van der Waals surface area contributed by atoms with Crippen molar-refractivity contribution in [3.05, 3.63) is 93.6 Å². The molecule has 2 aromatic carbocycles. The molecule has 0 aliphatic carbocycles. The number of carbonyl (C=O) groups excluding carboxylic acids is 2. The Morgan fingerprint density at radius 3 is 2.56 bits per heavy atom. The van der Waals surface area contributed by atoms with Crippen LogP contribution in [0, 0.1) is 0 Å². The molecule has 3 heterocycles. The number of ether oxygens (including phenoxy) is 2. The van der Waals surface area contributed by atoms with Crippen molar-refractivity contribution in [2.75, 3.05) is 14.2 Å². The molecule has 1 unspecified atom stereocenters. The number of aliphatic hydroxyl groups excluding tert-OH is 1. The molecule has 1 atom stereocenters. The zero-order chi connectivity index (χ0) is 23.8. The van der Waals surface area contributed by atoms with E-state index in [9.17, 15) is 14.7 Å². The first-order chi connectivity index (χ1) is 16.5. The molecule has 1 aliphatic rings. The molecule has 172 valence electrons. The van der Waals surface area contributed by atoms with Crippen molar-refractivity contribution in [1.29, 1.82) is 0 Å². The van der Waals surface area contributed by atoms with Gasteiger partial charge in [0.15, 0.2) is 22.9 Å². The lowest BCUT2D eigenvalue weighted by molar-refractivity contribution is -0.130. The van der Waals surface area contributed by atoms with Gasteiger partial charge < -0.3 is 23.9 Å². The summed E-state index contributed by atoms with van der Waals surface area (Å²) in [6.45, 7) is 0.230. The van der Waals surface area contributed by atoms with E-state index in [1.807, 2.05) is 17.5 Å². The molecular formula is C26H21NO6S. The third-order valence-electron chi connectivity index (χ3n) is 5.84. The number of para-hydroxylation sites is 2. The van der Waals surface area contributed by atoms with E-state index < -0.39 is 23.5 Å². The minimum atomic E-state index is -0.853. The monoisotopic (exact) mass is 475 g/mol. The Hall–Kier alpha value is -4.04. The lowest BCUT2D eigenvalue weighted by Crippen LogP contribution is -2.30. The quantitative estimate of drug-likeness (QED) is 0.365. The number of carbonyl (C=O) groups is 2. The van der Waals surface area contributed by atoms with Crippen molar-refractivity contribution in [3.63, 3.8) is 0 Å². The summed E-state index contributed by atoms with van der Waals surface area (Å²) < 4.78 is 16.7. The molecule has 2 aromatic heterocycles. The Bertz CT molecular complexity index is 1420. The van der Waals surface area contributed by atoms with Crippen LogP contribution in [-0.2, 0) is 11.3 Å². The second kappa shape index (κ2) is 8.72. The maximum absolute atomic E-state index is 13.7. The highest BCUT2D eigenvalue weighted by atomic mass is 32.1. The fourth-order valence-electron chi connectivity index (χ4n) is 4.28. The number of furan rings is 1. The van der Waals surface area contributed by atoms with Gasteiger partial charge in [0.1, 0.15) is 5.75 Å². The molecule has 0 saturated carbocycles. The number of rotatable bonds is 7. The number of methoxy groups -OCH3 is 2. The van der Waals surface area contributed by atoms with E-state index >= 15 is 0 Å². The van der Waals surface area contributed by atoms with Gasteiger partial charge in [-0.2, -0.15) is 0 Å². The number of ketones is 1. The highest BCUT2D eigenvalue weighted by Crippen LogP contribution is 2.44. The molecule has 0 fully saturated rings. The van der Waals surface area contributed by atoms with E-state index in [1.54, 1.807) is 48.5 Å². The topological polar surface area (TPSA) is 89.2 Å². The largest absolute Gasteiger partial charge is 0.503 e. The molecule has 34 heavy (non-hydrogen) atoms. The number of nitrogens with zero attached hydrogens (tertiary/aromatic N) is 1. The SMILES string of the molecule is COc1ccccc1C1C(C(=O)c2cc3cccc(OC)c3o2)=C(O)C(=O)N1Cc1cccs1. The van der Waals surface area contributed by atoms with E-state index in [0.29, 0.717) is 28.0 Å². The van der Waals surface area contributed by atoms with Crippen molar-refractivity contribution < 1.29 is 28.6 Å². The van der Waals surface area contributed by atoms with Gasteiger partial charge in [-0.3, -0.25) is 9.59 Å². The summed E-state index contributed by atoms with van der Waals surface area (Å²) >= 11 is 1.49. The molecule has 1 aliphatic heterocycles. The third-order valence-corrected chi connectivity index (χ3v) is 6.70. The number of amides is 1. The van der Waals surface area contributed by atoms with Gasteiger partial charge in [-0.05, 0) is 29.6 Å². The van der Waals surface area contributed by atoms with E-state index in [0.717, 1.165) is 4.88 Å². The fourth-order valence-corrected chi connectivity index (χ4v) is 4.98. The molecule has 0 radical (unpaired) electrons. The molecule has 5 rings (SSSR count). The van der Waals surface area contributed by atoms with Crippen molar-refractivity contribution in [3.8, 4) is 11.5 Å². The average molecular weight is 476 g/mol. The highest BCUT2D eigenvalue weighted by Gasteiger charge is 2.45. The molecule has 0 saturated heterocycles. The Morgan fingerprint density at radius 1 is 1.06 bits per heavy atom. The lowest BCUT2D eigenvalue weighted by Gasteiger charge is -2.27. The predicted octanol–water partition coefficient (Wildman–Crippen LogP) is 5.29. The van der Waals surface area contributed by atoms with Gasteiger partial charge in [0.05, 0.1) is 32.4 Å². The number of aliphatic hydroxyl groups is 1. The van der Waals surface area contributed by atoms with Crippen LogP contribution >= 0.6 is 11.3 Å². The summed E-state index contributed by atoms with van der Waals surface area (Å²) in [5.74, 6) is -0.799. The van der Waals surface area contributed by atoms with Crippen LogP contribution in [0.3, 0.4) is 0 Å². The summed E-state index contributed by atoms with van der Waals surface area (Å²) in [7, 11) is 3.04. The molecule has 8 heteroatoms. The average Bonchev–Trinajstić information content (AvgIpc) is 3.59. The zero-order valence-electron chi connectivity index (χ0n) is 18.5. The Morgan fingerprint density at radius 2 is 1.82 bits per heavy atom. The van der Waals surface area contributed by atoms with Gasteiger partial charge in [0.2, 0.25) is 5.78 Å². The van der Waals surface area contributed by atoms with E-state index in [1.165, 1.54) is 30.5 Å². The molecule has 0 spiro atoms. The molecule has 7 nitrogen and oxygen atoms in total. The van der Waals surface area contributed by atoms with Crippen molar-refractivity contribution in [2.45, 2.75) is 12.6 Å². The van der Waals surface area contributed by atoms with Gasteiger partial charge in [-0.1, -0.05) is 36.4 Å². The summed E-state index contributed by atoms with van der Waals surface area (Å²) in [5, 5.41) is 13.5. The fraction of sp³-hybridized carbons (Fsp3) is 0.154. The molecule has 0 bridgehead atoms. The summed E-state index contributed by atoms with van der Waals surface area (Å²) in [5.41, 5.74) is 0.960.